The fourth-order valence-corrected chi connectivity index (χ4v) is 2.41. The van der Waals surface area contributed by atoms with Crippen LogP contribution in [0.15, 0.2) is 48.5 Å². The van der Waals surface area contributed by atoms with E-state index in [1.807, 2.05) is 18.2 Å². The predicted octanol–water partition coefficient (Wildman–Crippen LogP) is 3.21. The molecule has 0 aliphatic carbocycles. The summed E-state index contributed by atoms with van der Waals surface area (Å²) in [5.74, 6) is -1.64. The van der Waals surface area contributed by atoms with E-state index in [0.29, 0.717) is 11.3 Å². The van der Waals surface area contributed by atoms with Crippen LogP contribution in [0.2, 0.25) is 5.02 Å². The molecule has 0 fully saturated rings. The van der Waals surface area contributed by atoms with Crippen LogP contribution in [0, 0.1) is 5.82 Å². The van der Waals surface area contributed by atoms with Crippen LogP contribution >= 0.6 is 11.6 Å². The number of carboxylic acids is 1. The number of ether oxygens (including phenoxy) is 2. The lowest BCUT2D eigenvalue weighted by Crippen LogP contribution is -2.33. The van der Waals surface area contributed by atoms with Gasteiger partial charge in [0.25, 0.3) is 0 Å². The highest BCUT2D eigenvalue weighted by Gasteiger charge is 2.19. The maximum atomic E-state index is 13.6. The second kappa shape index (κ2) is 10.5. The van der Waals surface area contributed by atoms with Gasteiger partial charge >= 0.3 is 5.97 Å². The molecule has 2 rings (SSSR count). The van der Waals surface area contributed by atoms with E-state index in [1.165, 1.54) is 12.1 Å². The SMILES string of the molecule is O=C(O)CC(NC(=O)COCCOc1ccccc1)c1ccc(Cl)c(F)c1. The highest BCUT2D eigenvalue weighted by atomic mass is 35.5. The van der Waals surface area contributed by atoms with Crippen molar-refractivity contribution in [3.63, 3.8) is 0 Å². The molecule has 1 amide bonds. The second-order valence-corrected chi connectivity index (χ2v) is 6.01. The summed E-state index contributed by atoms with van der Waals surface area (Å²) in [7, 11) is 0. The van der Waals surface area contributed by atoms with Crippen LogP contribution in [-0.2, 0) is 14.3 Å². The van der Waals surface area contributed by atoms with Gasteiger partial charge in [0.1, 0.15) is 24.8 Å². The largest absolute Gasteiger partial charge is 0.491 e. The Kier molecular flexibility index (Phi) is 8.03. The van der Waals surface area contributed by atoms with Gasteiger partial charge in [0.2, 0.25) is 5.91 Å². The molecule has 27 heavy (non-hydrogen) atoms. The first-order chi connectivity index (χ1) is 13.0. The smallest absolute Gasteiger partial charge is 0.305 e. The number of aliphatic carboxylic acids is 1. The summed E-state index contributed by atoms with van der Waals surface area (Å²) in [5, 5.41) is 11.5. The van der Waals surface area contributed by atoms with Crippen molar-refractivity contribution in [1.82, 2.24) is 5.32 Å². The lowest BCUT2D eigenvalue weighted by atomic mass is 10.0. The van der Waals surface area contributed by atoms with Gasteiger partial charge in [0.15, 0.2) is 0 Å². The van der Waals surface area contributed by atoms with E-state index in [2.05, 4.69) is 5.32 Å². The molecular weight excluding hydrogens is 377 g/mol. The quantitative estimate of drug-likeness (QED) is 0.603. The first-order valence-electron chi connectivity index (χ1n) is 8.17. The second-order valence-electron chi connectivity index (χ2n) is 5.61. The summed E-state index contributed by atoms with van der Waals surface area (Å²) >= 11 is 5.63. The molecule has 144 valence electrons. The Morgan fingerprint density at radius 1 is 1.15 bits per heavy atom. The minimum Gasteiger partial charge on any atom is -0.491 e. The van der Waals surface area contributed by atoms with Crippen molar-refractivity contribution in [3.8, 4) is 5.75 Å². The first kappa shape index (κ1) is 20.7. The minimum atomic E-state index is -1.13. The molecule has 2 aromatic carbocycles. The van der Waals surface area contributed by atoms with Gasteiger partial charge in [-0.3, -0.25) is 9.59 Å². The van der Waals surface area contributed by atoms with Crippen molar-refractivity contribution >= 4 is 23.5 Å². The van der Waals surface area contributed by atoms with Crippen molar-refractivity contribution < 1.29 is 28.6 Å². The van der Waals surface area contributed by atoms with E-state index < -0.39 is 30.2 Å². The summed E-state index contributed by atoms with van der Waals surface area (Å²) in [6.07, 6.45) is -0.399. The number of halogens is 2. The summed E-state index contributed by atoms with van der Waals surface area (Å²) in [6.45, 7) is 0.171. The lowest BCUT2D eigenvalue weighted by Gasteiger charge is -2.18. The normalized spacial score (nSPS) is 11.6. The average Bonchev–Trinajstić information content (AvgIpc) is 2.63. The van der Waals surface area contributed by atoms with Gasteiger partial charge in [-0.05, 0) is 29.8 Å². The van der Waals surface area contributed by atoms with Gasteiger partial charge in [0, 0.05) is 0 Å². The van der Waals surface area contributed by atoms with Crippen molar-refractivity contribution in [1.29, 1.82) is 0 Å². The number of hydrogen-bond acceptors (Lipinski definition) is 4. The molecule has 0 radical (unpaired) electrons. The maximum absolute atomic E-state index is 13.6. The van der Waals surface area contributed by atoms with E-state index in [9.17, 15) is 14.0 Å². The highest BCUT2D eigenvalue weighted by Crippen LogP contribution is 2.22. The summed E-state index contributed by atoms with van der Waals surface area (Å²) in [5.41, 5.74) is 0.306. The Morgan fingerprint density at radius 3 is 2.56 bits per heavy atom. The predicted molar refractivity (Wildman–Crippen MR) is 97.3 cm³/mol. The number of benzene rings is 2. The van der Waals surface area contributed by atoms with Crippen LogP contribution in [0.3, 0.4) is 0 Å². The number of rotatable bonds is 10. The lowest BCUT2D eigenvalue weighted by molar-refractivity contribution is -0.138. The highest BCUT2D eigenvalue weighted by molar-refractivity contribution is 6.30. The Labute approximate surface area is 160 Å². The number of carbonyl (C=O) groups is 2. The molecule has 2 aromatic rings. The molecule has 0 aromatic heterocycles. The number of amides is 1. The van der Waals surface area contributed by atoms with Gasteiger partial charge < -0.3 is 19.9 Å². The number of nitrogens with one attached hydrogen (secondary N) is 1. The molecule has 1 atom stereocenters. The van der Waals surface area contributed by atoms with Crippen molar-refractivity contribution in [2.24, 2.45) is 0 Å². The zero-order chi connectivity index (χ0) is 19.6. The molecule has 0 aliphatic rings. The third-order valence-corrected chi connectivity index (χ3v) is 3.84. The van der Waals surface area contributed by atoms with E-state index in [4.69, 9.17) is 26.2 Å². The average molecular weight is 396 g/mol. The van der Waals surface area contributed by atoms with Crippen molar-refractivity contribution in [2.45, 2.75) is 12.5 Å². The van der Waals surface area contributed by atoms with E-state index >= 15 is 0 Å². The van der Waals surface area contributed by atoms with Crippen LogP contribution in [0.25, 0.3) is 0 Å². The van der Waals surface area contributed by atoms with E-state index in [0.717, 1.165) is 6.07 Å². The molecule has 2 N–H and O–H groups in total. The van der Waals surface area contributed by atoms with Crippen molar-refractivity contribution in [2.75, 3.05) is 19.8 Å². The van der Waals surface area contributed by atoms with Crippen LogP contribution in [0.5, 0.6) is 5.75 Å². The molecule has 0 saturated carbocycles. The zero-order valence-corrected chi connectivity index (χ0v) is 15.1. The van der Waals surface area contributed by atoms with Crippen LogP contribution < -0.4 is 10.1 Å². The molecule has 6 nitrogen and oxygen atoms in total. The first-order valence-corrected chi connectivity index (χ1v) is 8.55. The van der Waals surface area contributed by atoms with Crippen molar-refractivity contribution in [3.05, 3.63) is 64.9 Å². The van der Waals surface area contributed by atoms with E-state index in [-0.39, 0.29) is 24.8 Å². The third-order valence-electron chi connectivity index (χ3n) is 3.53. The van der Waals surface area contributed by atoms with Gasteiger partial charge in [0.05, 0.1) is 24.1 Å². The third kappa shape index (κ3) is 7.24. The molecule has 0 saturated heterocycles. The number of carbonyl (C=O) groups excluding carboxylic acids is 1. The monoisotopic (exact) mass is 395 g/mol. The Hall–Kier alpha value is -2.64. The fourth-order valence-electron chi connectivity index (χ4n) is 2.29. The molecule has 0 bridgehead atoms. The minimum absolute atomic E-state index is 0.0825. The van der Waals surface area contributed by atoms with Gasteiger partial charge in [-0.15, -0.1) is 0 Å². The van der Waals surface area contributed by atoms with E-state index in [1.54, 1.807) is 12.1 Å². The van der Waals surface area contributed by atoms with Crippen LogP contribution in [-0.4, -0.2) is 36.8 Å². The maximum Gasteiger partial charge on any atom is 0.305 e. The van der Waals surface area contributed by atoms with Gasteiger partial charge in [-0.25, -0.2) is 4.39 Å². The number of carboxylic acid groups (broad SMARTS) is 1. The summed E-state index contributed by atoms with van der Waals surface area (Å²) in [4.78, 5) is 23.0. The molecule has 0 aliphatic heterocycles. The standard InChI is InChI=1S/C19H19ClFNO5/c20-15-7-6-13(10-16(15)21)17(11-19(24)25)22-18(23)12-26-8-9-27-14-4-2-1-3-5-14/h1-7,10,17H,8-9,11-12H2,(H,22,23)(H,24,25). The van der Waals surface area contributed by atoms with Gasteiger partial charge in [-0.2, -0.15) is 0 Å². The molecular formula is C19H19ClFNO5. The Balaban J connectivity index is 1.80. The fraction of sp³-hybridized carbons (Fsp3) is 0.263. The number of hydrogen-bond donors (Lipinski definition) is 2. The molecule has 0 heterocycles. The zero-order valence-electron chi connectivity index (χ0n) is 14.4. The molecule has 1 unspecified atom stereocenters. The summed E-state index contributed by atoms with van der Waals surface area (Å²) in [6, 6.07) is 12.1. The molecule has 8 heteroatoms. The van der Waals surface area contributed by atoms with Crippen LogP contribution in [0.4, 0.5) is 4.39 Å². The van der Waals surface area contributed by atoms with Gasteiger partial charge in [-0.1, -0.05) is 35.9 Å². The van der Waals surface area contributed by atoms with Crippen LogP contribution in [0.1, 0.15) is 18.0 Å². The number of para-hydroxylation sites is 1. The summed E-state index contributed by atoms with van der Waals surface area (Å²) < 4.78 is 24.3. The Bertz CT molecular complexity index is 772. The Morgan fingerprint density at radius 2 is 1.89 bits per heavy atom. The molecule has 0 spiro atoms. The topological polar surface area (TPSA) is 84.9 Å².